The molecule has 1 aliphatic heterocycles. The Morgan fingerprint density at radius 3 is 2.94 bits per heavy atom. The van der Waals surface area contributed by atoms with E-state index in [1.54, 1.807) is 0 Å². The lowest BCUT2D eigenvalue weighted by Crippen LogP contribution is -2.36. The van der Waals surface area contributed by atoms with Crippen LogP contribution in [0.1, 0.15) is 39.0 Å². The fourth-order valence-corrected chi connectivity index (χ4v) is 5.38. The summed E-state index contributed by atoms with van der Waals surface area (Å²) in [4.78, 5) is 0. The van der Waals surface area contributed by atoms with Gasteiger partial charge < -0.3 is 4.74 Å². The molecule has 0 amide bonds. The second-order valence-corrected chi connectivity index (χ2v) is 6.87. The first-order chi connectivity index (χ1) is 7.71. The Morgan fingerprint density at radius 2 is 2.12 bits per heavy atom. The van der Waals surface area contributed by atoms with Crippen molar-refractivity contribution in [2.24, 2.45) is 29.6 Å². The molecule has 0 N–H and O–H groups in total. The second-order valence-electron chi connectivity index (χ2n) is 6.87. The zero-order chi connectivity index (χ0) is 10.9. The van der Waals surface area contributed by atoms with Crippen LogP contribution in [-0.2, 0) is 4.74 Å². The Labute approximate surface area is 98.2 Å². The first-order valence-electron chi connectivity index (χ1n) is 7.00. The fourth-order valence-electron chi connectivity index (χ4n) is 5.38. The monoisotopic (exact) mass is 218 g/mol. The van der Waals surface area contributed by atoms with Crippen molar-refractivity contribution in [1.29, 1.82) is 0 Å². The number of hydrogen-bond donors (Lipinski definition) is 0. The summed E-state index contributed by atoms with van der Waals surface area (Å²) in [5.74, 6) is 5.02. The molecule has 7 atom stereocenters. The highest BCUT2D eigenvalue weighted by molar-refractivity contribution is 5.13. The minimum Gasteiger partial charge on any atom is -0.366 e. The lowest BCUT2D eigenvalue weighted by molar-refractivity contribution is 0.113. The number of ether oxygens (including phenoxy) is 1. The molecular formula is C15H22O. The van der Waals surface area contributed by atoms with Gasteiger partial charge in [-0.1, -0.05) is 6.08 Å². The Bertz CT molecular complexity index is 336. The first kappa shape index (κ1) is 9.70. The maximum atomic E-state index is 5.90. The van der Waals surface area contributed by atoms with Crippen molar-refractivity contribution < 1.29 is 4.74 Å². The van der Waals surface area contributed by atoms with Crippen LogP contribution in [0.3, 0.4) is 0 Å². The molecule has 3 aliphatic carbocycles. The Kier molecular flexibility index (Phi) is 1.78. The van der Waals surface area contributed by atoms with Crippen LogP contribution in [0.25, 0.3) is 0 Å². The summed E-state index contributed by atoms with van der Waals surface area (Å²) in [6, 6.07) is 0. The summed E-state index contributed by atoms with van der Waals surface area (Å²) in [5, 5.41) is 0. The highest BCUT2D eigenvalue weighted by atomic mass is 16.6. The number of hydrogen-bond acceptors (Lipinski definition) is 1. The molecule has 0 aromatic heterocycles. The lowest BCUT2D eigenvalue weighted by Gasteiger charge is -2.39. The number of fused-ring (bicyclic) bond motifs is 6. The van der Waals surface area contributed by atoms with E-state index < -0.39 is 0 Å². The molecular weight excluding hydrogens is 196 g/mol. The van der Waals surface area contributed by atoms with E-state index in [-0.39, 0.29) is 0 Å². The third-order valence-corrected chi connectivity index (χ3v) is 6.12. The van der Waals surface area contributed by atoms with Crippen molar-refractivity contribution in [2.45, 2.75) is 50.7 Å². The molecule has 16 heavy (non-hydrogen) atoms. The van der Waals surface area contributed by atoms with Crippen LogP contribution in [0.2, 0.25) is 0 Å². The van der Waals surface area contributed by atoms with Gasteiger partial charge in [-0.2, -0.15) is 0 Å². The zero-order valence-corrected chi connectivity index (χ0v) is 10.2. The van der Waals surface area contributed by atoms with Crippen LogP contribution in [0, 0.1) is 29.6 Å². The fraction of sp³-hybridized carbons (Fsp3) is 0.867. The molecule has 2 bridgehead atoms. The Balaban J connectivity index is 1.57. The average Bonchev–Trinajstić information content (AvgIpc) is 2.61. The predicted octanol–water partition coefficient (Wildman–Crippen LogP) is 3.40. The van der Waals surface area contributed by atoms with Gasteiger partial charge in [0.05, 0.1) is 11.7 Å². The molecule has 88 valence electrons. The van der Waals surface area contributed by atoms with Crippen molar-refractivity contribution in [2.75, 3.05) is 0 Å². The SMILES string of the molecule is C=CCC1CC2CC1C1CC3(C)OC3CC21. The van der Waals surface area contributed by atoms with Crippen molar-refractivity contribution in [3.05, 3.63) is 12.7 Å². The van der Waals surface area contributed by atoms with Gasteiger partial charge in [-0.25, -0.2) is 0 Å². The van der Waals surface area contributed by atoms with E-state index in [2.05, 4.69) is 19.6 Å². The van der Waals surface area contributed by atoms with Crippen molar-refractivity contribution in [3.8, 4) is 0 Å². The van der Waals surface area contributed by atoms with Gasteiger partial charge >= 0.3 is 0 Å². The quantitative estimate of drug-likeness (QED) is 0.511. The smallest absolute Gasteiger partial charge is 0.0923 e. The standard InChI is InChI=1S/C15H22O/c1-3-4-9-5-10-6-11(9)13-8-15(2)14(16-15)7-12(10)13/h3,9-14H,1,4-8H2,2H3. The number of rotatable bonds is 2. The predicted molar refractivity (Wildman–Crippen MR) is 64.0 cm³/mol. The molecule has 3 saturated carbocycles. The highest BCUT2D eigenvalue weighted by Gasteiger charge is 2.64. The van der Waals surface area contributed by atoms with E-state index in [1.165, 1.54) is 32.1 Å². The molecule has 0 radical (unpaired) electrons. The molecule has 1 heterocycles. The molecule has 1 heteroatoms. The Hall–Kier alpha value is -0.300. The molecule has 0 aromatic rings. The van der Waals surface area contributed by atoms with E-state index in [4.69, 9.17) is 4.74 Å². The summed E-state index contributed by atoms with van der Waals surface area (Å²) < 4.78 is 5.90. The lowest BCUT2D eigenvalue weighted by atomic mass is 9.64. The number of allylic oxidation sites excluding steroid dienone is 1. The topological polar surface area (TPSA) is 12.5 Å². The van der Waals surface area contributed by atoms with Gasteiger partial charge in [0.1, 0.15) is 0 Å². The van der Waals surface area contributed by atoms with E-state index >= 15 is 0 Å². The van der Waals surface area contributed by atoms with Crippen LogP contribution in [0.5, 0.6) is 0 Å². The van der Waals surface area contributed by atoms with E-state index in [0.29, 0.717) is 11.7 Å². The minimum absolute atomic E-state index is 0.296. The van der Waals surface area contributed by atoms with Gasteiger partial charge in [0.15, 0.2) is 0 Å². The van der Waals surface area contributed by atoms with Gasteiger partial charge in [0.2, 0.25) is 0 Å². The molecule has 1 nitrogen and oxygen atoms in total. The molecule has 1 saturated heterocycles. The number of epoxide rings is 1. The van der Waals surface area contributed by atoms with E-state index in [9.17, 15) is 0 Å². The van der Waals surface area contributed by atoms with Crippen LogP contribution in [0.4, 0.5) is 0 Å². The molecule has 4 rings (SSSR count). The van der Waals surface area contributed by atoms with E-state index in [0.717, 1.165) is 29.6 Å². The van der Waals surface area contributed by atoms with Gasteiger partial charge in [-0.05, 0) is 68.6 Å². The van der Waals surface area contributed by atoms with Crippen LogP contribution in [0.15, 0.2) is 12.7 Å². The van der Waals surface area contributed by atoms with Crippen LogP contribution < -0.4 is 0 Å². The minimum atomic E-state index is 0.296. The second kappa shape index (κ2) is 2.93. The molecule has 7 unspecified atom stereocenters. The molecule has 0 aromatic carbocycles. The third-order valence-electron chi connectivity index (χ3n) is 6.12. The Morgan fingerprint density at radius 1 is 1.25 bits per heavy atom. The highest BCUT2D eigenvalue weighted by Crippen LogP contribution is 2.65. The first-order valence-corrected chi connectivity index (χ1v) is 7.00. The average molecular weight is 218 g/mol. The summed E-state index contributed by atoms with van der Waals surface area (Å²) in [6.07, 6.45) is 9.77. The summed E-state index contributed by atoms with van der Waals surface area (Å²) >= 11 is 0. The normalized spacial score (nSPS) is 61.6. The van der Waals surface area contributed by atoms with Gasteiger partial charge in [0, 0.05) is 0 Å². The maximum absolute atomic E-state index is 5.90. The summed E-state index contributed by atoms with van der Waals surface area (Å²) in [6.45, 7) is 6.26. The van der Waals surface area contributed by atoms with Gasteiger partial charge in [0.25, 0.3) is 0 Å². The molecule has 4 aliphatic rings. The zero-order valence-electron chi connectivity index (χ0n) is 10.2. The summed E-state index contributed by atoms with van der Waals surface area (Å²) in [5.41, 5.74) is 0.296. The van der Waals surface area contributed by atoms with Crippen LogP contribution in [-0.4, -0.2) is 11.7 Å². The molecule has 4 fully saturated rings. The maximum Gasteiger partial charge on any atom is 0.0923 e. The van der Waals surface area contributed by atoms with Crippen molar-refractivity contribution >= 4 is 0 Å². The summed E-state index contributed by atoms with van der Waals surface area (Å²) in [7, 11) is 0. The van der Waals surface area contributed by atoms with Gasteiger partial charge in [-0.15, -0.1) is 6.58 Å². The van der Waals surface area contributed by atoms with Crippen molar-refractivity contribution in [1.82, 2.24) is 0 Å². The van der Waals surface area contributed by atoms with Crippen LogP contribution >= 0.6 is 0 Å². The molecule has 0 spiro atoms. The largest absolute Gasteiger partial charge is 0.366 e. The van der Waals surface area contributed by atoms with E-state index in [1.807, 2.05) is 0 Å². The van der Waals surface area contributed by atoms with Gasteiger partial charge in [-0.3, -0.25) is 0 Å². The van der Waals surface area contributed by atoms with Crippen molar-refractivity contribution in [3.63, 3.8) is 0 Å². The third kappa shape index (κ3) is 1.11.